The molecule has 98 valence electrons. The molecule has 0 amide bonds. The predicted molar refractivity (Wildman–Crippen MR) is 85.7 cm³/mol. The van der Waals surface area contributed by atoms with Gasteiger partial charge in [-0.2, -0.15) is 0 Å². The van der Waals surface area contributed by atoms with Gasteiger partial charge in [0, 0.05) is 23.7 Å². The summed E-state index contributed by atoms with van der Waals surface area (Å²) in [5, 5.41) is 1.41. The van der Waals surface area contributed by atoms with E-state index in [1.165, 1.54) is 33.3 Å². The third-order valence-electron chi connectivity index (χ3n) is 4.29. The Morgan fingerprint density at radius 2 is 1.80 bits per heavy atom. The van der Waals surface area contributed by atoms with Crippen LogP contribution in [0.4, 0.5) is 0 Å². The van der Waals surface area contributed by atoms with E-state index in [1.807, 2.05) is 0 Å². The Labute approximate surface area is 119 Å². The molecule has 0 radical (unpaired) electrons. The first-order chi connectivity index (χ1) is 9.86. The molecular formula is C19H17N. The Balaban J connectivity index is 2.09. The van der Waals surface area contributed by atoms with Gasteiger partial charge >= 0.3 is 0 Å². The highest BCUT2D eigenvalue weighted by Gasteiger charge is 2.17. The molecule has 1 aromatic heterocycles. The molecule has 1 heteroatoms. The molecule has 4 rings (SSSR count). The van der Waals surface area contributed by atoms with E-state index in [0.29, 0.717) is 0 Å². The molecule has 0 saturated carbocycles. The SMILES string of the molecule is Cn1c2c(c3cccc(-c4ccccc4)c31)CCC=C2. The number of nitrogens with zero attached hydrogens (tertiary/aromatic N) is 1. The second-order valence-corrected chi connectivity index (χ2v) is 5.43. The highest BCUT2D eigenvalue weighted by Crippen LogP contribution is 2.36. The van der Waals surface area contributed by atoms with Crippen molar-refractivity contribution in [3.63, 3.8) is 0 Å². The van der Waals surface area contributed by atoms with Crippen LogP contribution in [0.2, 0.25) is 0 Å². The molecular weight excluding hydrogens is 242 g/mol. The quantitative estimate of drug-likeness (QED) is 0.591. The van der Waals surface area contributed by atoms with E-state index >= 15 is 0 Å². The largest absolute Gasteiger partial charge is 0.343 e. The smallest absolute Gasteiger partial charge is 0.0565 e. The number of aryl methyl sites for hydroxylation is 2. The van der Waals surface area contributed by atoms with Gasteiger partial charge in [0.15, 0.2) is 0 Å². The molecule has 2 aromatic carbocycles. The van der Waals surface area contributed by atoms with Gasteiger partial charge in [-0.1, -0.05) is 54.6 Å². The maximum atomic E-state index is 2.35. The molecule has 0 atom stereocenters. The molecule has 0 unspecified atom stereocenters. The van der Waals surface area contributed by atoms with Crippen molar-refractivity contribution >= 4 is 17.0 Å². The maximum absolute atomic E-state index is 2.35. The zero-order valence-corrected chi connectivity index (χ0v) is 11.6. The van der Waals surface area contributed by atoms with Gasteiger partial charge in [-0.05, 0) is 30.0 Å². The minimum Gasteiger partial charge on any atom is -0.343 e. The summed E-state index contributed by atoms with van der Waals surface area (Å²) in [7, 11) is 2.18. The summed E-state index contributed by atoms with van der Waals surface area (Å²) >= 11 is 0. The summed E-state index contributed by atoms with van der Waals surface area (Å²) in [5.41, 5.74) is 6.85. The minimum atomic E-state index is 1.15. The van der Waals surface area contributed by atoms with Crippen molar-refractivity contribution in [2.75, 3.05) is 0 Å². The summed E-state index contributed by atoms with van der Waals surface area (Å²) in [6.07, 6.45) is 6.86. The standard InChI is InChI=1S/C19H17N/c1-20-18-13-6-5-10-16(18)17-12-7-11-15(19(17)20)14-8-3-2-4-9-14/h2-4,6-9,11-13H,5,10H2,1H3. The summed E-state index contributed by atoms with van der Waals surface area (Å²) in [4.78, 5) is 0. The third kappa shape index (κ3) is 1.56. The van der Waals surface area contributed by atoms with E-state index in [9.17, 15) is 0 Å². The van der Waals surface area contributed by atoms with E-state index in [4.69, 9.17) is 0 Å². The van der Waals surface area contributed by atoms with Crippen molar-refractivity contribution in [2.45, 2.75) is 12.8 Å². The first-order valence-corrected chi connectivity index (χ1v) is 7.18. The highest BCUT2D eigenvalue weighted by molar-refractivity contribution is 5.99. The number of aromatic nitrogens is 1. The number of fused-ring (bicyclic) bond motifs is 3. The average molecular weight is 259 g/mol. The Hall–Kier alpha value is -2.28. The van der Waals surface area contributed by atoms with Gasteiger partial charge in [-0.15, -0.1) is 0 Å². The van der Waals surface area contributed by atoms with Gasteiger partial charge in [-0.3, -0.25) is 0 Å². The molecule has 1 aliphatic rings. The van der Waals surface area contributed by atoms with E-state index in [0.717, 1.165) is 12.8 Å². The lowest BCUT2D eigenvalue weighted by atomic mass is 9.98. The summed E-state index contributed by atoms with van der Waals surface area (Å²) in [5.74, 6) is 0. The fourth-order valence-electron chi connectivity index (χ4n) is 3.36. The van der Waals surface area contributed by atoms with Gasteiger partial charge in [-0.25, -0.2) is 0 Å². The van der Waals surface area contributed by atoms with Crippen LogP contribution >= 0.6 is 0 Å². The number of allylic oxidation sites excluding steroid dienone is 1. The number of hydrogen-bond acceptors (Lipinski definition) is 0. The van der Waals surface area contributed by atoms with Gasteiger partial charge < -0.3 is 4.57 Å². The molecule has 0 saturated heterocycles. The van der Waals surface area contributed by atoms with E-state index in [1.54, 1.807) is 0 Å². The van der Waals surface area contributed by atoms with Crippen LogP contribution in [-0.2, 0) is 13.5 Å². The summed E-state index contributed by atoms with van der Waals surface area (Å²) < 4.78 is 2.35. The molecule has 0 aliphatic heterocycles. The van der Waals surface area contributed by atoms with E-state index < -0.39 is 0 Å². The van der Waals surface area contributed by atoms with Crippen LogP contribution in [0.25, 0.3) is 28.1 Å². The van der Waals surface area contributed by atoms with Crippen molar-refractivity contribution in [3.05, 3.63) is 65.9 Å². The normalized spacial score (nSPS) is 13.7. The Morgan fingerprint density at radius 1 is 0.950 bits per heavy atom. The van der Waals surface area contributed by atoms with Crippen molar-refractivity contribution < 1.29 is 0 Å². The molecule has 20 heavy (non-hydrogen) atoms. The van der Waals surface area contributed by atoms with Gasteiger partial charge in [0.05, 0.1) is 5.52 Å². The zero-order valence-electron chi connectivity index (χ0n) is 11.6. The van der Waals surface area contributed by atoms with Crippen molar-refractivity contribution in [1.29, 1.82) is 0 Å². The molecule has 0 fully saturated rings. The van der Waals surface area contributed by atoms with Crippen LogP contribution in [0, 0.1) is 0 Å². The lowest BCUT2D eigenvalue weighted by molar-refractivity contribution is 0.908. The molecule has 1 nitrogen and oxygen atoms in total. The second kappa shape index (κ2) is 4.38. The summed E-state index contributed by atoms with van der Waals surface area (Å²) in [6.45, 7) is 0. The highest BCUT2D eigenvalue weighted by atomic mass is 15.0. The lowest BCUT2D eigenvalue weighted by Gasteiger charge is -2.07. The van der Waals surface area contributed by atoms with Gasteiger partial charge in [0.2, 0.25) is 0 Å². The zero-order chi connectivity index (χ0) is 13.5. The van der Waals surface area contributed by atoms with Gasteiger partial charge in [0.25, 0.3) is 0 Å². The van der Waals surface area contributed by atoms with Crippen molar-refractivity contribution in [1.82, 2.24) is 4.57 Å². The van der Waals surface area contributed by atoms with Crippen LogP contribution in [-0.4, -0.2) is 4.57 Å². The van der Waals surface area contributed by atoms with Crippen LogP contribution < -0.4 is 0 Å². The minimum absolute atomic E-state index is 1.15. The Bertz CT molecular complexity index is 807. The molecule has 0 N–H and O–H groups in total. The van der Waals surface area contributed by atoms with Crippen molar-refractivity contribution in [2.24, 2.45) is 7.05 Å². The lowest BCUT2D eigenvalue weighted by Crippen LogP contribution is -1.96. The molecule has 0 bridgehead atoms. The summed E-state index contributed by atoms with van der Waals surface area (Å²) in [6, 6.07) is 17.3. The number of benzene rings is 2. The molecule has 1 aliphatic carbocycles. The predicted octanol–water partition coefficient (Wildman–Crippen LogP) is 4.80. The monoisotopic (exact) mass is 259 g/mol. The fraction of sp³-hybridized carbons (Fsp3) is 0.158. The van der Waals surface area contributed by atoms with Crippen LogP contribution in [0.5, 0.6) is 0 Å². The number of hydrogen-bond donors (Lipinski definition) is 0. The van der Waals surface area contributed by atoms with E-state index in [-0.39, 0.29) is 0 Å². The average Bonchev–Trinajstić information content (AvgIpc) is 2.82. The maximum Gasteiger partial charge on any atom is 0.0565 e. The van der Waals surface area contributed by atoms with Crippen LogP contribution in [0.15, 0.2) is 54.6 Å². The third-order valence-corrected chi connectivity index (χ3v) is 4.29. The van der Waals surface area contributed by atoms with Gasteiger partial charge in [0.1, 0.15) is 0 Å². The fourth-order valence-corrected chi connectivity index (χ4v) is 3.36. The molecule has 0 spiro atoms. The first kappa shape index (κ1) is 11.5. The van der Waals surface area contributed by atoms with Crippen LogP contribution in [0.1, 0.15) is 17.7 Å². The molecule has 3 aromatic rings. The van der Waals surface area contributed by atoms with E-state index in [2.05, 4.69) is 72.3 Å². The number of para-hydroxylation sites is 1. The topological polar surface area (TPSA) is 4.93 Å². The Morgan fingerprint density at radius 3 is 2.65 bits per heavy atom. The molecule has 1 heterocycles. The Kier molecular flexibility index (Phi) is 2.53. The van der Waals surface area contributed by atoms with Crippen LogP contribution in [0.3, 0.4) is 0 Å². The van der Waals surface area contributed by atoms with Crippen molar-refractivity contribution in [3.8, 4) is 11.1 Å². The second-order valence-electron chi connectivity index (χ2n) is 5.43. The first-order valence-electron chi connectivity index (χ1n) is 7.18. The number of rotatable bonds is 1.